The first-order valence-electron chi connectivity index (χ1n) is 5.86. The van der Waals surface area contributed by atoms with E-state index in [2.05, 4.69) is 10.6 Å². The number of amides is 1. The zero-order valence-electron chi connectivity index (χ0n) is 10.0. The second kappa shape index (κ2) is 5.80. The van der Waals surface area contributed by atoms with Crippen molar-refractivity contribution in [2.45, 2.75) is 13.0 Å². The zero-order valence-corrected chi connectivity index (χ0v) is 10.0. The molecule has 0 atom stereocenters. The van der Waals surface area contributed by atoms with E-state index < -0.39 is 0 Å². The number of hydrogen-bond acceptors (Lipinski definition) is 3. The molecule has 0 radical (unpaired) electrons. The number of nitrogens with one attached hydrogen (secondary N) is 2. The van der Waals surface area contributed by atoms with Gasteiger partial charge in [0.15, 0.2) is 0 Å². The molecule has 1 aromatic carbocycles. The molecule has 0 aliphatic carbocycles. The third-order valence-electron chi connectivity index (χ3n) is 2.86. The van der Waals surface area contributed by atoms with Crippen molar-refractivity contribution in [2.75, 3.05) is 25.5 Å². The lowest BCUT2D eigenvalue weighted by Gasteiger charge is -2.26. The molecular weight excluding hydrogens is 216 g/mol. The van der Waals surface area contributed by atoms with Crippen LogP contribution in [0, 0.1) is 5.92 Å². The quantitative estimate of drug-likeness (QED) is 0.809. The Bertz CT molecular complexity index is 389. The minimum Gasteiger partial charge on any atom is -0.380 e. The maximum Gasteiger partial charge on any atom is 0.224 e. The number of rotatable bonds is 5. The second-order valence-corrected chi connectivity index (χ2v) is 4.41. The number of benzene rings is 1. The fraction of sp³-hybridized carbons (Fsp3) is 0.462. The SMILES string of the molecule is COCc1cccc(NC(=O)CC2CNC2)c1. The van der Waals surface area contributed by atoms with Crippen LogP contribution in [0.1, 0.15) is 12.0 Å². The van der Waals surface area contributed by atoms with Crippen molar-refractivity contribution in [3.63, 3.8) is 0 Å². The van der Waals surface area contributed by atoms with E-state index in [0.717, 1.165) is 24.3 Å². The van der Waals surface area contributed by atoms with E-state index in [9.17, 15) is 4.79 Å². The molecule has 0 saturated carbocycles. The predicted octanol–water partition coefficient (Wildman–Crippen LogP) is 1.38. The summed E-state index contributed by atoms with van der Waals surface area (Å²) in [7, 11) is 1.66. The van der Waals surface area contributed by atoms with Crippen LogP contribution in [0.25, 0.3) is 0 Å². The van der Waals surface area contributed by atoms with E-state index in [1.807, 2.05) is 24.3 Å². The van der Waals surface area contributed by atoms with Crippen molar-refractivity contribution >= 4 is 11.6 Å². The van der Waals surface area contributed by atoms with Crippen LogP contribution in [0.2, 0.25) is 0 Å². The van der Waals surface area contributed by atoms with Crippen LogP contribution in [0.5, 0.6) is 0 Å². The van der Waals surface area contributed by atoms with Gasteiger partial charge in [-0.05, 0) is 36.7 Å². The number of hydrogen-bond donors (Lipinski definition) is 2. The molecule has 0 aromatic heterocycles. The van der Waals surface area contributed by atoms with Crippen molar-refractivity contribution in [3.05, 3.63) is 29.8 Å². The molecule has 92 valence electrons. The van der Waals surface area contributed by atoms with Crippen molar-refractivity contribution in [1.82, 2.24) is 5.32 Å². The molecule has 2 rings (SSSR count). The van der Waals surface area contributed by atoms with Crippen LogP contribution in [0.15, 0.2) is 24.3 Å². The normalized spacial score (nSPS) is 15.4. The summed E-state index contributed by atoms with van der Waals surface area (Å²) in [6.45, 7) is 2.48. The molecule has 2 N–H and O–H groups in total. The van der Waals surface area contributed by atoms with Gasteiger partial charge in [-0.25, -0.2) is 0 Å². The monoisotopic (exact) mass is 234 g/mol. The van der Waals surface area contributed by atoms with Crippen molar-refractivity contribution in [3.8, 4) is 0 Å². The van der Waals surface area contributed by atoms with Gasteiger partial charge in [-0.15, -0.1) is 0 Å². The summed E-state index contributed by atoms with van der Waals surface area (Å²) in [6, 6.07) is 7.75. The topological polar surface area (TPSA) is 50.4 Å². The van der Waals surface area contributed by atoms with Gasteiger partial charge < -0.3 is 15.4 Å². The highest BCUT2D eigenvalue weighted by molar-refractivity contribution is 5.91. The Labute approximate surface area is 101 Å². The average molecular weight is 234 g/mol. The first-order valence-corrected chi connectivity index (χ1v) is 5.86. The Balaban J connectivity index is 1.88. The van der Waals surface area contributed by atoms with E-state index in [-0.39, 0.29) is 5.91 Å². The van der Waals surface area contributed by atoms with Crippen LogP contribution in [0.4, 0.5) is 5.69 Å². The Morgan fingerprint density at radius 2 is 2.35 bits per heavy atom. The van der Waals surface area contributed by atoms with Crippen molar-refractivity contribution < 1.29 is 9.53 Å². The average Bonchev–Trinajstić information content (AvgIpc) is 2.25. The van der Waals surface area contributed by atoms with Crippen molar-refractivity contribution in [1.29, 1.82) is 0 Å². The van der Waals surface area contributed by atoms with Gasteiger partial charge in [0.25, 0.3) is 0 Å². The van der Waals surface area contributed by atoms with E-state index >= 15 is 0 Å². The standard InChI is InChI=1S/C13H18N2O2/c1-17-9-10-3-2-4-12(5-10)15-13(16)6-11-7-14-8-11/h2-5,11,14H,6-9H2,1H3,(H,15,16). The first-order chi connectivity index (χ1) is 8.28. The molecule has 1 saturated heterocycles. The maximum atomic E-state index is 11.7. The molecule has 0 bridgehead atoms. The molecule has 1 aliphatic rings. The van der Waals surface area contributed by atoms with Crippen LogP contribution in [-0.2, 0) is 16.1 Å². The van der Waals surface area contributed by atoms with E-state index in [0.29, 0.717) is 18.9 Å². The van der Waals surface area contributed by atoms with Gasteiger partial charge >= 0.3 is 0 Å². The highest BCUT2D eigenvalue weighted by atomic mass is 16.5. The lowest BCUT2D eigenvalue weighted by Crippen LogP contribution is -2.43. The first kappa shape index (κ1) is 12.1. The molecule has 17 heavy (non-hydrogen) atoms. The van der Waals surface area contributed by atoms with Gasteiger partial charge in [-0.2, -0.15) is 0 Å². The fourth-order valence-electron chi connectivity index (χ4n) is 1.87. The fourth-order valence-corrected chi connectivity index (χ4v) is 1.87. The summed E-state index contributed by atoms with van der Waals surface area (Å²) < 4.78 is 5.06. The molecule has 1 aliphatic heterocycles. The molecule has 0 unspecified atom stereocenters. The lowest BCUT2D eigenvalue weighted by molar-refractivity contribution is -0.117. The molecule has 4 nitrogen and oxygen atoms in total. The largest absolute Gasteiger partial charge is 0.380 e. The van der Waals surface area contributed by atoms with Crippen molar-refractivity contribution in [2.24, 2.45) is 5.92 Å². The molecule has 0 spiro atoms. The smallest absolute Gasteiger partial charge is 0.224 e. The molecule has 1 amide bonds. The van der Waals surface area contributed by atoms with Crippen LogP contribution < -0.4 is 10.6 Å². The number of ether oxygens (including phenoxy) is 1. The van der Waals surface area contributed by atoms with Gasteiger partial charge in [-0.1, -0.05) is 12.1 Å². The molecule has 4 heteroatoms. The summed E-state index contributed by atoms with van der Waals surface area (Å²) >= 11 is 0. The highest BCUT2D eigenvalue weighted by Crippen LogP contribution is 2.14. The van der Waals surface area contributed by atoms with E-state index in [1.165, 1.54) is 0 Å². The van der Waals surface area contributed by atoms with Gasteiger partial charge in [0.2, 0.25) is 5.91 Å². The summed E-state index contributed by atoms with van der Waals surface area (Å²) in [5.41, 5.74) is 1.91. The van der Waals surface area contributed by atoms with Crippen LogP contribution in [0.3, 0.4) is 0 Å². The molecule has 1 heterocycles. The van der Waals surface area contributed by atoms with E-state index in [1.54, 1.807) is 7.11 Å². The minimum atomic E-state index is 0.0890. The lowest BCUT2D eigenvalue weighted by atomic mass is 9.99. The Morgan fingerprint density at radius 3 is 3.00 bits per heavy atom. The molecular formula is C13H18N2O2. The highest BCUT2D eigenvalue weighted by Gasteiger charge is 2.19. The number of anilines is 1. The minimum absolute atomic E-state index is 0.0890. The Hall–Kier alpha value is -1.39. The second-order valence-electron chi connectivity index (χ2n) is 4.41. The van der Waals surface area contributed by atoms with E-state index in [4.69, 9.17) is 4.74 Å². The summed E-state index contributed by atoms with van der Waals surface area (Å²) in [4.78, 5) is 11.7. The van der Waals surface area contributed by atoms with Crippen LogP contribution >= 0.6 is 0 Å². The summed E-state index contributed by atoms with van der Waals surface area (Å²) in [6.07, 6.45) is 0.599. The van der Waals surface area contributed by atoms with Crippen LogP contribution in [-0.4, -0.2) is 26.1 Å². The molecule has 1 aromatic rings. The maximum absolute atomic E-state index is 11.7. The van der Waals surface area contributed by atoms with Gasteiger partial charge in [0.05, 0.1) is 6.61 Å². The number of carbonyl (C=O) groups is 1. The molecule has 1 fully saturated rings. The van der Waals surface area contributed by atoms with Gasteiger partial charge in [0, 0.05) is 19.2 Å². The summed E-state index contributed by atoms with van der Waals surface area (Å²) in [5, 5.41) is 6.08. The number of carbonyl (C=O) groups excluding carboxylic acids is 1. The Kier molecular flexibility index (Phi) is 4.12. The zero-order chi connectivity index (χ0) is 12.1. The van der Waals surface area contributed by atoms with Gasteiger partial charge in [-0.3, -0.25) is 4.79 Å². The third kappa shape index (κ3) is 3.54. The Morgan fingerprint density at radius 1 is 1.53 bits per heavy atom. The third-order valence-corrected chi connectivity index (χ3v) is 2.86. The van der Waals surface area contributed by atoms with Gasteiger partial charge in [0.1, 0.15) is 0 Å². The number of methoxy groups -OCH3 is 1. The predicted molar refractivity (Wildman–Crippen MR) is 66.8 cm³/mol. The summed E-state index contributed by atoms with van der Waals surface area (Å²) in [5.74, 6) is 0.586.